The average molecular weight is 524 g/mol. The maximum absolute atomic E-state index is 11.7. The fourth-order valence-electron chi connectivity index (χ4n) is 2.95. The third-order valence-corrected chi connectivity index (χ3v) is 5.46. The van der Waals surface area contributed by atoms with Crippen molar-refractivity contribution in [2.24, 2.45) is 0 Å². The van der Waals surface area contributed by atoms with Crippen LogP contribution in [0.3, 0.4) is 0 Å². The molecular formula is C20H27Cl2N3O7S. The number of nitrogens with zero attached hydrogens (tertiary/aromatic N) is 2. The monoisotopic (exact) mass is 523 g/mol. The Morgan fingerprint density at radius 3 is 2.30 bits per heavy atom. The van der Waals surface area contributed by atoms with Gasteiger partial charge in [-0.2, -0.15) is 0 Å². The number of nitro groups is 1. The third kappa shape index (κ3) is 8.77. The molecule has 0 saturated heterocycles. The summed E-state index contributed by atoms with van der Waals surface area (Å²) in [7, 11) is 1.24. The molecule has 0 amide bonds. The number of hydrogen-bond donors (Lipinski definition) is 1. The number of halogens is 2. The number of sulfonamides is 1. The van der Waals surface area contributed by atoms with Crippen LogP contribution in [0.4, 0.5) is 5.69 Å². The van der Waals surface area contributed by atoms with Crippen LogP contribution >= 0.6 is 24.0 Å². The first-order valence-electron chi connectivity index (χ1n) is 9.49. The van der Waals surface area contributed by atoms with E-state index in [4.69, 9.17) is 25.8 Å². The molecule has 0 aliphatic carbocycles. The fraction of sp³-hybridized carbons (Fsp3) is 0.400. The van der Waals surface area contributed by atoms with Crippen molar-refractivity contribution >= 4 is 39.7 Å². The van der Waals surface area contributed by atoms with Crippen molar-refractivity contribution in [1.82, 2.24) is 4.90 Å². The third-order valence-electron chi connectivity index (χ3n) is 4.56. The van der Waals surface area contributed by atoms with E-state index in [1.54, 1.807) is 30.1 Å². The minimum absolute atomic E-state index is 0. The zero-order valence-electron chi connectivity index (χ0n) is 18.6. The normalized spacial score (nSPS) is 11.9. The van der Waals surface area contributed by atoms with Crippen LogP contribution in [0, 0.1) is 10.1 Å². The molecule has 0 aliphatic heterocycles. The van der Waals surface area contributed by atoms with Crippen molar-refractivity contribution in [3.8, 4) is 17.2 Å². The second-order valence-electron chi connectivity index (χ2n) is 7.01. The van der Waals surface area contributed by atoms with Crippen LogP contribution in [0.25, 0.3) is 0 Å². The van der Waals surface area contributed by atoms with Crippen molar-refractivity contribution in [3.05, 3.63) is 57.1 Å². The number of benzene rings is 2. The van der Waals surface area contributed by atoms with Crippen molar-refractivity contribution in [3.63, 3.8) is 0 Å². The molecule has 184 valence electrons. The predicted octanol–water partition coefficient (Wildman–Crippen LogP) is 3.31. The topological polar surface area (TPSA) is 120 Å². The van der Waals surface area contributed by atoms with Gasteiger partial charge < -0.3 is 14.2 Å². The number of rotatable bonds is 12. The van der Waals surface area contributed by atoms with Gasteiger partial charge in [0.15, 0.2) is 11.5 Å². The molecule has 0 radical (unpaired) electrons. The highest BCUT2D eigenvalue weighted by Crippen LogP contribution is 2.29. The van der Waals surface area contributed by atoms with Crippen LogP contribution in [-0.4, -0.2) is 65.1 Å². The Morgan fingerprint density at radius 2 is 1.76 bits per heavy atom. The van der Waals surface area contributed by atoms with Gasteiger partial charge in [-0.05, 0) is 42.9 Å². The van der Waals surface area contributed by atoms with E-state index < -0.39 is 16.2 Å². The Bertz CT molecular complexity index is 1050. The van der Waals surface area contributed by atoms with Gasteiger partial charge in [-0.3, -0.25) is 14.8 Å². The van der Waals surface area contributed by atoms with E-state index in [9.17, 15) is 18.5 Å². The average Bonchev–Trinajstić information content (AvgIpc) is 2.71. The summed E-state index contributed by atoms with van der Waals surface area (Å²) >= 11 is 6.14. The van der Waals surface area contributed by atoms with Gasteiger partial charge in [0.1, 0.15) is 12.4 Å². The number of nitrogens with one attached hydrogen (secondary N) is 1. The molecule has 13 heteroatoms. The summed E-state index contributed by atoms with van der Waals surface area (Å²) in [6.45, 7) is 0.407. The number of ether oxygens (including phenoxy) is 3. The van der Waals surface area contributed by atoms with E-state index in [0.29, 0.717) is 22.9 Å². The van der Waals surface area contributed by atoms with Gasteiger partial charge in [0.2, 0.25) is 10.0 Å². The quantitative estimate of drug-likeness (QED) is 0.255. The molecular weight excluding hydrogens is 497 g/mol. The van der Waals surface area contributed by atoms with Crippen LogP contribution in [0.5, 0.6) is 17.2 Å². The van der Waals surface area contributed by atoms with Crippen LogP contribution in [0.15, 0.2) is 36.4 Å². The van der Waals surface area contributed by atoms with Crippen molar-refractivity contribution in [1.29, 1.82) is 0 Å². The first-order chi connectivity index (χ1) is 15.0. The molecule has 0 aromatic heterocycles. The van der Waals surface area contributed by atoms with E-state index in [1.807, 2.05) is 0 Å². The standard InChI is InChI=1S/C20H26ClN3O7S.ClH/c1-23(9-10-31-17-8-6-15(13-16(17)21)22-32(4,27)28)20(24(25)26)12-14-5-7-18(29-2)19(11-14)30-3;/h5-8,11,13,20,22H,9-10,12H2,1-4H3;1H. The van der Waals surface area contributed by atoms with Gasteiger partial charge in [0.25, 0.3) is 6.17 Å². The Balaban J connectivity index is 0.00000544. The zero-order valence-corrected chi connectivity index (χ0v) is 21.0. The minimum Gasteiger partial charge on any atom is -0.493 e. The molecule has 0 aliphatic rings. The molecule has 0 fully saturated rings. The van der Waals surface area contributed by atoms with Crippen molar-refractivity contribution < 1.29 is 27.6 Å². The van der Waals surface area contributed by atoms with Gasteiger partial charge in [0.05, 0.1) is 37.6 Å². The molecule has 2 aromatic rings. The molecule has 10 nitrogen and oxygen atoms in total. The van der Waals surface area contributed by atoms with E-state index in [1.165, 1.54) is 32.4 Å². The van der Waals surface area contributed by atoms with Gasteiger partial charge >= 0.3 is 0 Å². The van der Waals surface area contributed by atoms with Crippen LogP contribution in [0.2, 0.25) is 5.02 Å². The minimum atomic E-state index is -3.42. The van der Waals surface area contributed by atoms with E-state index in [-0.39, 0.29) is 41.9 Å². The van der Waals surface area contributed by atoms with Crippen LogP contribution in [-0.2, 0) is 16.4 Å². The second-order valence-corrected chi connectivity index (χ2v) is 9.16. The highest BCUT2D eigenvalue weighted by molar-refractivity contribution is 7.92. The summed E-state index contributed by atoms with van der Waals surface area (Å²) in [6, 6.07) is 9.66. The molecule has 0 saturated carbocycles. The lowest BCUT2D eigenvalue weighted by atomic mass is 10.1. The van der Waals surface area contributed by atoms with Gasteiger partial charge in [0, 0.05) is 11.5 Å². The number of hydrogen-bond acceptors (Lipinski definition) is 8. The lowest BCUT2D eigenvalue weighted by Crippen LogP contribution is -2.42. The van der Waals surface area contributed by atoms with E-state index in [2.05, 4.69) is 4.72 Å². The fourth-order valence-corrected chi connectivity index (χ4v) is 3.74. The number of likely N-dealkylation sites (N-methyl/N-ethyl adjacent to an activating group) is 1. The SMILES string of the molecule is COc1ccc(CC(N(C)CCOc2ccc(NS(C)(=O)=O)cc2Cl)[N+](=O)[O-])cc1OC.Cl. The molecule has 2 rings (SSSR count). The van der Waals surface area contributed by atoms with Crippen LogP contribution in [0.1, 0.15) is 5.56 Å². The molecule has 0 spiro atoms. The lowest BCUT2D eigenvalue weighted by molar-refractivity contribution is -0.548. The Morgan fingerprint density at radius 1 is 1.12 bits per heavy atom. The lowest BCUT2D eigenvalue weighted by Gasteiger charge is -2.22. The predicted molar refractivity (Wildman–Crippen MR) is 129 cm³/mol. The van der Waals surface area contributed by atoms with E-state index in [0.717, 1.165) is 11.8 Å². The van der Waals surface area contributed by atoms with E-state index >= 15 is 0 Å². The van der Waals surface area contributed by atoms with Gasteiger partial charge in [-0.15, -0.1) is 12.4 Å². The van der Waals surface area contributed by atoms with Gasteiger partial charge in [-0.25, -0.2) is 13.3 Å². The highest BCUT2D eigenvalue weighted by atomic mass is 35.5. The highest BCUT2D eigenvalue weighted by Gasteiger charge is 2.26. The maximum atomic E-state index is 11.7. The summed E-state index contributed by atoms with van der Waals surface area (Å²) in [5, 5.41) is 11.9. The maximum Gasteiger partial charge on any atom is 0.272 e. The molecule has 33 heavy (non-hydrogen) atoms. The Labute approximate surface area is 204 Å². The molecule has 1 N–H and O–H groups in total. The Kier molecular flexibility index (Phi) is 11.0. The van der Waals surface area contributed by atoms with Gasteiger partial charge in [-0.1, -0.05) is 17.7 Å². The first-order valence-corrected chi connectivity index (χ1v) is 11.8. The second kappa shape index (κ2) is 12.7. The molecule has 0 heterocycles. The molecule has 2 aromatic carbocycles. The first kappa shape index (κ1) is 28.6. The summed E-state index contributed by atoms with van der Waals surface area (Å²) in [5.41, 5.74) is 1.04. The Hall–Kier alpha value is -2.47. The number of methoxy groups -OCH3 is 2. The van der Waals surface area contributed by atoms with Crippen molar-refractivity contribution in [2.75, 3.05) is 45.4 Å². The zero-order chi connectivity index (χ0) is 23.9. The molecule has 1 unspecified atom stereocenters. The molecule has 0 bridgehead atoms. The summed E-state index contributed by atoms with van der Waals surface area (Å²) in [6.07, 6.45) is 0.222. The number of anilines is 1. The largest absolute Gasteiger partial charge is 0.493 e. The van der Waals surface area contributed by atoms with Crippen molar-refractivity contribution in [2.45, 2.75) is 12.6 Å². The van der Waals surface area contributed by atoms with Crippen LogP contribution < -0.4 is 18.9 Å². The smallest absolute Gasteiger partial charge is 0.272 e. The summed E-state index contributed by atoms with van der Waals surface area (Å²) in [4.78, 5) is 12.9. The summed E-state index contributed by atoms with van der Waals surface area (Å²) in [5.74, 6) is 1.39. The summed E-state index contributed by atoms with van der Waals surface area (Å²) < 4.78 is 41.0. The molecule has 1 atom stereocenters.